The molecule has 2 saturated heterocycles. The van der Waals surface area contributed by atoms with Crippen LogP contribution in [0.3, 0.4) is 0 Å². The lowest BCUT2D eigenvalue weighted by Gasteiger charge is -2.36. The highest BCUT2D eigenvalue weighted by Gasteiger charge is 2.56. The number of aromatic amines is 1. The zero-order valence-electron chi connectivity index (χ0n) is 15.3. The van der Waals surface area contributed by atoms with Crippen LogP contribution in [0.2, 0.25) is 0 Å². The fourth-order valence-electron chi connectivity index (χ4n) is 4.96. The number of rotatable bonds is 6. The molecule has 0 saturated carbocycles. The Morgan fingerprint density at radius 2 is 2.04 bits per heavy atom. The molecular formula is C21H25N3O3. The van der Waals surface area contributed by atoms with Gasteiger partial charge in [0.2, 0.25) is 5.91 Å². The van der Waals surface area contributed by atoms with Crippen molar-refractivity contribution in [2.24, 2.45) is 5.41 Å². The SMILES string of the molecule is O=C(CCc1ccc(=O)[nH]n1)N1[C@@H]2CC[C@H]1[C@](CO)(Cc1ccccc1)C2. The summed E-state index contributed by atoms with van der Waals surface area (Å²) >= 11 is 0. The maximum atomic E-state index is 12.9. The van der Waals surface area contributed by atoms with Crippen LogP contribution in [-0.4, -0.2) is 44.8 Å². The molecule has 0 aliphatic carbocycles. The van der Waals surface area contributed by atoms with Gasteiger partial charge in [0.05, 0.1) is 12.3 Å². The van der Waals surface area contributed by atoms with E-state index >= 15 is 0 Å². The normalized spacial score (nSPS) is 26.5. The van der Waals surface area contributed by atoms with E-state index in [0.717, 1.165) is 25.7 Å². The van der Waals surface area contributed by atoms with E-state index in [4.69, 9.17) is 0 Å². The van der Waals surface area contributed by atoms with E-state index in [9.17, 15) is 14.7 Å². The van der Waals surface area contributed by atoms with Gasteiger partial charge in [0, 0.05) is 36.4 Å². The van der Waals surface area contributed by atoms with Gasteiger partial charge >= 0.3 is 0 Å². The second-order valence-corrected chi connectivity index (χ2v) is 7.85. The number of aromatic nitrogens is 2. The van der Waals surface area contributed by atoms with E-state index < -0.39 is 0 Å². The summed E-state index contributed by atoms with van der Waals surface area (Å²) in [6, 6.07) is 13.7. The lowest BCUT2D eigenvalue weighted by Crippen LogP contribution is -2.44. The summed E-state index contributed by atoms with van der Waals surface area (Å²) in [5.74, 6) is 0.124. The third-order valence-electron chi connectivity index (χ3n) is 6.19. The molecule has 2 fully saturated rings. The molecule has 2 aromatic rings. The van der Waals surface area contributed by atoms with Crippen LogP contribution in [0.15, 0.2) is 47.3 Å². The number of H-pyrrole nitrogens is 1. The highest BCUT2D eigenvalue weighted by Crippen LogP contribution is 2.51. The summed E-state index contributed by atoms with van der Waals surface area (Å²) in [6.07, 6.45) is 4.53. The Balaban J connectivity index is 1.46. The number of carbonyl (C=O) groups excluding carboxylic acids is 1. The van der Waals surface area contributed by atoms with Crippen molar-refractivity contribution in [3.05, 3.63) is 64.1 Å². The molecule has 2 bridgehead atoms. The molecule has 4 rings (SSSR count). The van der Waals surface area contributed by atoms with Crippen molar-refractivity contribution in [2.45, 2.75) is 50.6 Å². The summed E-state index contributed by atoms with van der Waals surface area (Å²) in [5, 5.41) is 16.6. The Kier molecular flexibility index (Phi) is 4.83. The lowest BCUT2D eigenvalue weighted by molar-refractivity contribution is -0.133. The van der Waals surface area contributed by atoms with Crippen LogP contribution < -0.4 is 5.56 Å². The Morgan fingerprint density at radius 3 is 2.74 bits per heavy atom. The standard InChI is InChI=1S/C21H25N3O3/c25-14-21(12-15-4-2-1-3-5-15)13-17-8-9-18(21)24(17)20(27)11-7-16-6-10-19(26)23-22-16/h1-6,10,17-18,25H,7-9,11-14H2,(H,23,26)/t17-,18+,21-/m1/s1. The number of fused-ring (bicyclic) bond motifs is 2. The zero-order chi connectivity index (χ0) is 18.9. The molecule has 27 heavy (non-hydrogen) atoms. The minimum atomic E-state index is -0.240. The number of amides is 1. The molecule has 1 amide bonds. The average Bonchev–Trinajstić information content (AvgIpc) is 3.24. The second-order valence-electron chi connectivity index (χ2n) is 7.85. The van der Waals surface area contributed by atoms with Crippen LogP contribution >= 0.6 is 0 Å². The summed E-state index contributed by atoms with van der Waals surface area (Å²) in [7, 11) is 0. The van der Waals surface area contributed by atoms with Crippen LogP contribution in [0.5, 0.6) is 0 Å². The third-order valence-corrected chi connectivity index (χ3v) is 6.19. The second kappa shape index (κ2) is 7.27. The minimum Gasteiger partial charge on any atom is -0.396 e. The summed E-state index contributed by atoms with van der Waals surface area (Å²) in [5.41, 5.74) is 1.45. The van der Waals surface area contributed by atoms with Gasteiger partial charge in [0.15, 0.2) is 0 Å². The first-order valence-corrected chi connectivity index (χ1v) is 9.62. The monoisotopic (exact) mass is 367 g/mol. The van der Waals surface area contributed by atoms with Crippen molar-refractivity contribution in [3.8, 4) is 0 Å². The number of nitrogens with zero attached hydrogens (tertiary/aromatic N) is 2. The van der Waals surface area contributed by atoms with E-state index in [-0.39, 0.29) is 35.6 Å². The first kappa shape index (κ1) is 17.9. The van der Waals surface area contributed by atoms with E-state index in [2.05, 4.69) is 22.3 Å². The van der Waals surface area contributed by atoms with Crippen LogP contribution in [0, 0.1) is 5.41 Å². The zero-order valence-corrected chi connectivity index (χ0v) is 15.3. The van der Waals surface area contributed by atoms with E-state index in [0.29, 0.717) is 18.5 Å². The number of hydrogen-bond acceptors (Lipinski definition) is 4. The van der Waals surface area contributed by atoms with Crippen molar-refractivity contribution >= 4 is 5.91 Å². The summed E-state index contributed by atoms with van der Waals surface area (Å²) in [4.78, 5) is 26.1. The molecule has 2 N–H and O–H groups in total. The Hall–Kier alpha value is -2.47. The number of hydrogen-bond donors (Lipinski definition) is 2. The van der Waals surface area contributed by atoms with E-state index in [1.54, 1.807) is 6.07 Å². The van der Waals surface area contributed by atoms with Gasteiger partial charge in [-0.2, -0.15) is 5.10 Å². The van der Waals surface area contributed by atoms with Gasteiger partial charge in [-0.05, 0) is 37.3 Å². The molecule has 3 atom stereocenters. The van der Waals surface area contributed by atoms with Crippen LogP contribution in [0.1, 0.15) is 36.9 Å². The largest absolute Gasteiger partial charge is 0.396 e. The third kappa shape index (κ3) is 3.41. The quantitative estimate of drug-likeness (QED) is 0.813. The van der Waals surface area contributed by atoms with Crippen molar-refractivity contribution < 1.29 is 9.90 Å². The van der Waals surface area contributed by atoms with Crippen molar-refractivity contribution in [2.75, 3.05) is 6.61 Å². The molecule has 0 unspecified atom stereocenters. The average molecular weight is 367 g/mol. The van der Waals surface area contributed by atoms with Crippen LogP contribution in [0.25, 0.3) is 0 Å². The highest BCUT2D eigenvalue weighted by atomic mass is 16.3. The molecule has 1 aromatic carbocycles. The van der Waals surface area contributed by atoms with Crippen LogP contribution in [-0.2, 0) is 17.6 Å². The molecule has 142 valence electrons. The molecule has 1 aromatic heterocycles. The van der Waals surface area contributed by atoms with Gasteiger partial charge < -0.3 is 10.0 Å². The number of aryl methyl sites for hydroxylation is 1. The van der Waals surface area contributed by atoms with Gasteiger partial charge in [-0.25, -0.2) is 5.10 Å². The number of benzene rings is 1. The van der Waals surface area contributed by atoms with E-state index in [1.165, 1.54) is 11.6 Å². The van der Waals surface area contributed by atoms with Crippen LogP contribution in [0.4, 0.5) is 0 Å². The topological polar surface area (TPSA) is 86.3 Å². The maximum Gasteiger partial charge on any atom is 0.264 e. The van der Waals surface area contributed by atoms with Crippen molar-refractivity contribution in [1.82, 2.24) is 15.1 Å². The predicted octanol–water partition coefficient (Wildman–Crippen LogP) is 1.69. The molecular weight excluding hydrogens is 342 g/mol. The minimum absolute atomic E-state index is 0.101. The van der Waals surface area contributed by atoms with Gasteiger partial charge in [0.1, 0.15) is 0 Å². The van der Waals surface area contributed by atoms with Crippen molar-refractivity contribution in [3.63, 3.8) is 0 Å². The fraction of sp³-hybridized carbons (Fsp3) is 0.476. The van der Waals surface area contributed by atoms with Gasteiger partial charge in [-0.3, -0.25) is 9.59 Å². The first-order chi connectivity index (χ1) is 13.1. The van der Waals surface area contributed by atoms with Gasteiger partial charge in [-0.15, -0.1) is 0 Å². The molecule has 3 heterocycles. The molecule has 0 radical (unpaired) electrons. The first-order valence-electron chi connectivity index (χ1n) is 9.62. The number of nitrogens with one attached hydrogen (secondary N) is 1. The molecule has 6 heteroatoms. The molecule has 0 spiro atoms. The smallest absolute Gasteiger partial charge is 0.264 e. The summed E-state index contributed by atoms with van der Waals surface area (Å²) in [6.45, 7) is 0.105. The molecule has 2 aliphatic heterocycles. The Morgan fingerprint density at radius 1 is 1.22 bits per heavy atom. The number of aliphatic hydroxyl groups is 1. The lowest BCUT2D eigenvalue weighted by atomic mass is 9.70. The highest BCUT2D eigenvalue weighted by molar-refractivity contribution is 5.78. The Bertz CT molecular complexity index is 846. The molecule has 6 nitrogen and oxygen atoms in total. The number of carbonyl (C=O) groups is 1. The Labute approximate surface area is 158 Å². The number of aliphatic hydroxyl groups excluding tert-OH is 1. The fourth-order valence-corrected chi connectivity index (χ4v) is 4.96. The van der Waals surface area contributed by atoms with Gasteiger partial charge in [-0.1, -0.05) is 30.3 Å². The van der Waals surface area contributed by atoms with E-state index in [1.807, 2.05) is 23.1 Å². The molecule has 2 aliphatic rings. The maximum absolute atomic E-state index is 12.9. The van der Waals surface area contributed by atoms with Crippen molar-refractivity contribution in [1.29, 1.82) is 0 Å². The van der Waals surface area contributed by atoms with Gasteiger partial charge in [0.25, 0.3) is 5.56 Å². The predicted molar refractivity (Wildman–Crippen MR) is 101 cm³/mol. The summed E-state index contributed by atoms with van der Waals surface area (Å²) < 4.78 is 0.